The third kappa shape index (κ3) is 8.38. The molecule has 2 heterocycles. The molecule has 0 radical (unpaired) electrons. The zero-order chi connectivity index (χ0) is 32.5. The zero-order valence-corrected chi connectivity index (χ0v) is 25.5. The summed E-state index contributed by atoms with van der Waals surface area (Å²) in [5.41, 5.74) is -6.17. The molecular weight excluding hydrogens is 560 g/mol. The second kappa shape index (κ2) is 14.7. The Bertz CT molecular complexity index is 1610. The molecule has 0 spiro atoms. The Labute approximate surface area is 248 Å². The first-order valence-corrected chi connectivity index (χ1v) is 13.8. The molecule has 14 heteroatoms. The Morgan fingerprint density at radius 2 is 0.837 bits per heavy atom. The van der Waals surface area contributed by atoms with Gasteiger partial charge >= 0.3 is 34.1 Å². The Kier molecular flexibility index (Phi) is 12.0. The minimum absolute atomic E-state index is 0.0131. The highest BCUT2D eigenvalue weighted by molar-refractivity contribution is 4.87. The first-order valence-electron chi connectivity index (χ1n) is 13.8. The molecule has 2 rings (SSSR count). The van der Waals surface area contributed by atoms with E-state index in [2.05, 4.69) is 26.3 Å². The second-order valence-corrected chi connectivity index (χ2v) is 11.0. The number of rotatable bonds is 18. The Hall–Kier alpha value is -4.30. The fourth-order valence-electron chi connectivity index (χ4n) is 4.17. The van der Waals surface area contributed by atoms with E-state index in [4.69, 9.17) is 9.47 Å². The van der Waals surface area contributed by atoms with Gasteiger partial charge in [0.2, 0.25) is 0 Å². The van der Waals surface area contributed by atoms with Crippen LogP contribution in [-0.2, 0) is 48.7 Å². The van der Waals surface area contributed by atoms with Gasteiger partial charge < -0.3 is 9.47 Å². The van der Waals surface area contributed by atoms with Gasteiger partial charge in [-0.05, 0) is 34.1 Å². The number of aromatic nitrogens is 6. The summed E-state index contributed by atoms with van der Waals surface area (Å²) in [4.78, 5) is 76.6. The molecule has 0 bridgehead atoms. The molecule has 14 nitrogen and oxygen atoms in total. The monoisotopic (exact) mass is 602 g/mol. The smallest absolute Gasteiger partial charge is 0.336 e. The molecule has 0 fully saturated rings. The van der Waals surface area contributed by atoms with E-state index in [1.165, 1.54) is 24.3 Å². The van der Waals surface area contributed by atoms with Gasteiger partial charge in [0, 0.05) is 6.54 Å². The maximum Gasteiger partial charge on any atom is 0.336 e. The van der Waals surface area contributed by atoms with Crippen molar-refractivity contribution in [2.24, 2.45) is 0 Å². The van der Waals surface area contributed by atoms with Crippen LogP contribution in [0.3, 0.4) is 0 Å². The van der Waals surface area contributed by atoms with Gasteiger partial charge in [-0.2, -0.15) is 0 Å². The first-order chi connectivity index (χ1) is 20.2. The molecule has 0 unspecified atom stereocenters. The highest BCUT2D eigenvalue weighted by atomic mass is 16.6. The van der Waals surface area contributed by atoms with E-state index in [0.29, 0.717) is 0 Å². The molecule has 0 aliphatic carbocycles. The molecule has 0 amide bonds. The molecule has 0 aliphatic rings. The summed E-state index contributed by atoms with van der Waals surface area (Å²) in [7, 11) is 0. The van der Waals surface area contributed by atoms with E-state index in [1.807, 2.05) is 0 Å². The van der Waals surface area contributed by atoms with E-state index < -0.39 is 45.3 Å². The van der Waals surface area contributed by atoms with Gasteiger partial charge in [-0.3, -0.25) is 0 Å². The zero-order valence-electron chi connectivity index (χ0n) is 25.5. The fourth-order valence-corrected chi connectivity index (χ4v) is 4.17. The van der Waals surface area contributed by atoms with Crippen LogP contribution in [0.5, 0.6) is 0 Å². The van der Waals surface area contributed by atoms with Crippen LogP contribution in [0.2, 0.25) is 0 Å². The van der Waals surface area contributed by atoms with Crippen molar-refractivity contribution in [2.75, 3.05) is 13.2 Å². The van der Waals surface area contributed by atoms with Gasteiger partial charge in [0.1, 0.15) is 0 Å². The molecular formula is C29H42N6O8. The molecule has 0 N–H and O–H groups in total. The average molecular weight is 603 g/mol. The van der Waals surface area contributed by atoms with E-state index in [1.54, 1.807) is 27.7 Å². The number of allylic oxidation sites excluding steroid dienone is 4. The van der Waals surface area contributed by atoms with Crippen molar-refractivity contribution < 1.29 is 9.47 Å². The van der Waals surface area contributed by atoms with Crippen LogP contribution in [0.15, 0.2) is 79.4 Å². The second-order valence-electron chi connectivity index (χ2n) is 11.0. The summed E-state index contributed by atoms with van der Waals surface area (Å²) in [5.74, 6) is 0. The van der Waals surface area contributed by atoms with E-state index in [9.17, 15) is 28.8 Å². The van der Waals surface area contributed by atoms with Crippen LogP contribution in [-0.4, -0.2) is 51.8 Å². The van der Waals surface area contributed by atoms with Crippen molar-refractivity contribution in [1.29, 1.82) is 0 Å². The lowest BCUT2D eigenvalue weighted by Crippen LogP contribution is -2.55. The molecule has 2 aromatic rings. The van der Waals surface area contributed by atoms with Crippen molar-refractivity contribution in [3.8, 4) is 0 Å². The standard InChI is InChI=1S/C29H42N6O8/c1-9-14-30-22(36)31(15-10-2)25(39)34(24(30)38)18-13-28(5,6)43-21-29(7,8)42-20-19-35-26(40)32(16-11-3)23(37)33(17-12-4)27(35)41/h9-12H,1-4,13-21H2,5-8H3. The van der Waals surface area contributed by atoms with Gasteiger partial charge in [-0.1, -0.05) is 24.3 Å². The van der Waals surface area contributed by atoms with Crippen LogP contribution < -0.4 is 34.1 Å². The number of hydrogen-bond donors (Lipinski definition) is 0. The largest absolute Gasteiger partial charge is 0.373 e. The third-order valence-electron chi connectivity index (χ3n) is 6.57. The van der Waals surface area contributed by atoms with Crippen LogP contribution in [0, 0.1) is 0 Å². The van der Waals surface area contributed by atoms with Crippen molar-refractivity contribution in [3.63, 3.8) is 0 Å². The summed E-state index contributed by atoms with van der Waals surface area (Å²) in [6.07, 6.45) is 5.83. The van der Waals surface area contributed by atoms with Crippen LogP contribution in [0.4, 0.5) is 0 Å². The minimum atomic E-state index is -0.860. The average Bonchev–Trinajstić information content (AvgIpc) is 2.94. The number of nitrogens with zero attached hydrogens (tertiary/aromatic N) is 6. The highest BCUT2D eigenvalue weighted by Crippen LogP contribution is 2.19. The summed E-state index contributed by atoms with van der Waals surface area (Å²) in [6.45, 7) is 21.1. The maximum atomic E-state index is 12.9. The molecule has 0 atom stereocenters. The SMILES string of the molecule is C=CCn1c(=O)n(CC=C)c(=O)n(CCOC(C)(C)COC(C)(C)CCn2c(=O)n(CC=C)c(=O)n(CC=C)c2=O)c1=O. The summed E-state index contributed by atoms with van der Waals surface area (Å²) >= 11 is 0. The van der Waals surface area contributed by atoms with E-state index in [0.717, 1.165) is 27.4 Å². The highest BCUT2D eigenvalue weighted by Gasteiger charge is 2.27. The molecule has 0 saturated heterocycles. The lowest BCUT2D eigenvalue weighted by Gasteiger charge is -2.32. The molecule has 0 saturated carbocycles. The lowest BCUT2D eigenvalue weighted by atomic mass is 10.0. The summed E-state index contributed by atoms with van der Waals surface area (Å²) in [5, 5.41) is 0. The summed E-state index contributed by atoms with van der Waals surface area (Å²) in [6, 6.07) is 0. The van der Waals surface area contributed by atoms with Gasteiger partial charge in [0.15, 0.2) is 0 Å². The quantitative estimate of drug-likeness (QED) is 0.218. The van der Waals surface area contributed by atoms with Crippen molar-refractivity contribution >= 4 is 0 Å². The van der Waals surface area contributed by atoms with Crippen molar-refractivity contribution in [1.82, 2.24) is 27.4 Å². The number of ether oxygens (including phenoxy) is 2. The summed E-state index contributed by atoms with van der Waals surface area (Å²) < 4.78 is 17.6. The molecule has 2 aromatic heterocycles. The fraction of sp³-hybridized carbons (Fsp3) is 0.517. The Balaban J connectivity index is 2.15. The molecule has 0 aromatic carbocycles. The normalized spacial score (nSPS) is 11.8. The van der Waals surface area contributed by atoms with E-state index in [-0.39, 0.29) is 58.9 Å². The maximum absolute atomic E-state index is 12.9. The van der Waals surface area contributed by atoms with Crippen LogP contribution in [0.1, 0.15) is 34.1 Å². The minimum Gasteiger partial charge on any atom is -0.373 e. The predicted octanol–water partition coefficient (Wildman–Crippen LogP) is 0.0815. The van der Waals surface area contributed by atoms with Crippen molar-refractivity contribution in [2.45, 2.75) is 84.6 Å². The lowest BCUT2D eigenvalue weighted by molar-refractivity contribution is -0.124. The van der Waals surface area contributed by atoms with E-state index >= 15 is 0 Å². The van der Waals surface area contributed by atoms with Gasteiger partial charge in [-0.25, -0.2) is 56.2 Å². The first kappa shape index (κ1) is 34.9. The molecule has 0 aliphatic heterocycles. The molecule has 43 heavy (non-hydrogen) atoms. The Morgan fingerprint density at radius 3 is 1.19 bits per heavy atom. The van der Waals surface area contributed by atoms with Crippen molar-refractivity contribution in [3.05, 3.63) is 114 Å². The van der Waals surface area contributed by atoms with Gasteiger partial charge in [0.05, 0.1) is 57.1 Å². The Morgan fingerprint density at radius 1 is 0.512 bits per heavy atom. The van der Waals surface area contributed by atoms with Gasteiger partial charge in [-0.15, -0.1) is 26.3 Å². The number of hydrogen-bond acceptors (Lipinski definition) is 8. The van der Waals surface area contributed by atoms with Gasteiger partial charge in [0.25, 0.3) is 0 Å². The van der Waals surface area contributed by atoms with Crippen LogP contribution in [0.25, 0.3) is 0 Å². The van der Waals surface area contributed by atoms with Crippen LogP contribution >= 0.6 is 0 Å². The topological polar surface area (TPSA) is 150 Å². The third-order valence-corrected chi connectivity index (χ3v) is 6.57. The molecule has 236 valence electrons. The predicted molar refractivity (Wildman–Crippen MR) is 164 cm³/mol.